The van der Waals surface area contributed by atoms with E-state index in [1.165, 1.54) is 5.56 Å². The van der Waals surface area contributed by atoms with Crippen LogP contribution in [0.25, 0.3) is 0 Å². The number of hydrogen-bond donors (Lipinski definition) is 1. The van der Waals surface area contributed by atoms with Gasteiger partial charge in [-0.1, -0.05) is 25.1 Å². The van der Waals surface area contributed by atoms with Gasteiger partial charge in [-0.3, -0.25) is 14.4 Å². The lowest BCUT2D eigenvalue weighted by Gasteiger charge is -2.33. The van der Waals surface area contributed by atoms with Gasteiger partial charge in [0, 0.05) is 37.7 Å². The van der Waals surface area contributed by atoms with Crippen LogP contribution in [0.2, 0.25) is 0 Å². The first kappa shape index (κ1) is 23.8. The van der Waals surface area contributed by atoms with Gasteiger partial charge in [0.15, 0.2) is 0 Å². The number of carbonyl (C=O) groups is 3. The molecule has 0 spiro atoms. The van der Waals surface area contributed by atoms with Crippen molar-refractivity contribution in [3.63, 3.8) is 0 Å². The van der Waals surface area contributed by atoms with Crippen LogP contribution in [0.1, 0.15) is 47.7 Å². The zero-order valence-corrected chi connectivity index (χ0v) is 20.2. The summed E-state index contributed by atoms with van der Waals surface area (Å²) in [6, 6.07) is 13.4. The Labute approximate surface area is 201 Å². The van der Waals surface area contributed by atoms with Gasteiger partial charge in [0.2, 0.25) is 11.8 Å². The molecular weight excluding hydrogens is 430 g/mol. The normalized spacial score (nSPS) is 18.8. The van der Waals surface area contributed by atoms with Crippen molar-refractivity contribution in [1.82, 2.24) is 10.2 Å². The van der Waals surface area contributed by atoms with E-state index in [9.17, 15) is 14.4 Å². The third-order valence-corrected chi connectivity index (χ3v) is 6.87. The summed E-state index contributed by atoms with van der Waals surface area (Å²) >= 11 is 0. The molecule has 2 aromatic carbocycles. The summed E-state index contributed by atoms with van der Waals surface area (Å²) in [7, 11) is 1.58. The standard InChI is InChI=1S/C27H33N3O4/c1-4-19-6-8-20(9-7-19)26(32)28-22-11-13-29(14-12-22)27(33)21-16-25(31)30(17-21)23-15-18(2)5-10-24(23)34-3/h5-10,15,21-22H,4,11-14,16-17H2,1-3H3,(H,28,32)/t21-/m1/s1. The summed E-state index contributed by atoms with van der Waals surface area (Å²) in [5.74, 6) is 0.159. The van der Waals surface area contributed by atoms with Crippen molar-refractivity contribution in [1.29, 1.82) is 0 Å². The second-order valence-corrected chi connectivity index (χ2v) is 9.20. The predicted octanol–water partition coefficient (Wildman–Crippen LogP) is 3.34. The number of carbonyl (C=O) groups excluding carboxylic acids is 3. The highest BCUT2D eigenvalue weighted by molar-refractivity contribution is 6.01. The molecule has 7 nitrogen and oxygen atoms in total. The molecule has 7 heteroatoms. The van der Waals surface area contributed by atoms with Crippen LogP contribution < -0.4 is 15.0 Å². The number of anilines is 1. The molecule has 4 rings (SSSR count). The van der Waals surface area contributed by atoms with Crippen molar-refractivity contribution in [2.75, 3.05) is 31.6 Å². The molecule has 34 heavy (non-hydrogen) atoms. The SMILES string of the molecule is CCc1ccc(C(=O)NC2CCN(C(=O)[C@@H]3CC(=O)N(c4cc(C)ccc4OC)C3)CC2)cc1. The summed E-state index contributed by atoms with van der Waals surface area (Å²) in [6.07, 6.45) is 2.57. The lowest BCUT2D eigenvalue weighted by molar-refractivity contribution is -0.136. The highest BCUT2D eigenvalue weighted by Gasteiger charge is 2.39. The zero-order chi connectivity index (χ0) is 24.2. The Bertz CT molecular complexity index is 1060. The number of rotatable bonds is 6. The fraction of sp³-hybridized carbons (Fsp3) is 0.444. The van der Waals surface area contributed by atoms with E-state index in [1.54, 1.807) is 12.0 Å². The van der Waals surface area contributed by atoms with Gasteiger partial charge in [-0.2, -0.15) is 0 Å². The van der Waals surface area contributed by atoms with Gasteiger partial charge in [-0.05, 0) is 61.6 Å². The largest absolute Gasteiger partial charge is 0.495 e. The van der Waals surface area contributed by atoms with Gasteiger partial charge < -0.3 is 19.9 Å². The Balaban J connectivity index is 1.32. The van der Waals surface area contributed by atoms with E-state index in [4.69, 9.17) is 4.74 Å². The molecule has 2 aliphatic heterocycles. The highest BCUT2D eigenvalue weighted by atomic mass is 16.5. The smallest absolute Gasteiger partial charge is 0.251 e. The molecule has 180 valence electrons. The molecule has 0 aliphatic carbocycles. The Hall–Kier alpha value is -3.35. The van der Waals surface area contributed by atoms with E-state index in [0.717, 1.165) is 17.7 Å². The molecule has 0 bridgehead atoms. The van der Waals surface area contributed by atoms with Crippen LogP contribution in [0.15, 0.2) is 42.5 Å². The fourth-order valence-corrected chi connectivity index (χ4v) is 4.78. The minimum atomic E-state index is -0.360. The summed E-state index contributed by atoms with van der Waals surface area (Å²) in [5, 5.41) is 3.10. The molecule has 1 atom stereocenters. The Morgan fingerprint density at radius 2 is 1.79 bits per heavy atom. The number of ether oxygens (including phenoxy) is 1. The highest BCUT2D eigenvalue weighted by Crippen LogP contribution is 2.34. The van der Waals surface area contributed by atoms with Gasteiger partial charge in [0.1, 0.15) is 5.75 Å². The number of nitrogens with one attached hydrogen (secondary N) is 1. The van der Waals surface area contributed by atoms with E-state index in [2.05, 4.69) is 12.2 Å². The number of hydrogen-bond acceptors (Lipinski definition) is 4. The average Bonchev–Trinajstić information content (AvgIpc) is 3.25. The molecule has 0 radical (unpaired) electrons. The Morgan fingerprint density at radius 3 is 2.44 bits per heavy atom. The summed E-state index contributed by atoms with van der Waals surface area (Å²) in [6.45, 7) is 5.58. The molecule has 2 saturated heterocycles. The molecule has 2 heterocycles. The number of likely N-dealkylation sites (tertiary alicyclic amines) is 1. The van der Waals surface area contributed by atoms with Gasteiger partial charge in [-0.25, -0.2) is 0 Å². The number of methoxy groups -OCH3 is 1. The Kier molecular flexibility index (Phi) is 7.20. The van der Waals surface area contributed by atoms with Crippen molar-refractivity contribution in [3.8, 4) is 5.75 Å². The minimum Gasteiger partial charge on any atom is -0.495 e. The van der Waals surface area contributed by atoms with Crippen molar-refractivity contribution in [2.45, 2.75) is 45.6 Å². The summed E-state index contributed by atoms with van der Waals surface area (Å²) in [5.41, 5.74) is 3.61. The predicted molar refractivity (Wildman–Crippen MR) is 131 cm³/mol. The van der Waals surface area contributed by atoms with E-state index < -0.39 is 0 Å². The van der Waals surface area contributed by atoms with E-state index in [0.29, 0.717) is 43.8 Å². The number of nitrogens with zero attached hydrogens (tertiary/aromatic N) is 2. The minimum absolute atomic E-state index is 0.0161. The number of benzene rings is 2. The van der Waals surface area contributed by atoms with Crippen LogP contribution in [-0.2, 0) is 16.0 Å². The molecule has 0 unspecified atom stereocenters. The van der Waals surface area contributed by atoms with Crippen molar-refractivity contribution in [2.24, 2.45) is 5.92 Å². The maximum atomic E-state index is 13.2. The number of aryl methyl sites for hydroxylation is 2. The van der Waals surface area contributed by atoms with E-state index >= 15 is 0 Å². The molecule has 0 saturated carbocycles. The third kappa shape index (κ3) is 5.08. The first-order valence-corrected chi connectivity index (χ1v) is 12.0. The van der Waals surface area contributed by atoms with Crippen LogP contribution in [0.5, 0.6) is 5.75 Å². The van der Waals surface area contributed by atoms with Crippen LogP contribution in [0, 0.1) is 12.8 Å². The second kappa shape index (κ2) is 10.3. The van der Waals surface area contributed by atoms with Crippen LogP contribution in [-0.4, -0.2) is 55.4 Å². The van der Waals surface area contributed by atoms with Gasteiger partial charge >= 0.3 is 0 Å². The van der Waals surface area contributed by atoms with Gasteiger partial charge in [0.25, 0.3) is 5.91 Å². The maximum Gasteiger partial charge on any atom is 0.251 e. The topological polar surface area (TPSA) is 79.0 Å². The number of amides is 3. The van der Waals surface area contributed by atoms with Crippen LogP contribution >= 0.6 is 0 Å². The van der Waals surface area contributed by atoms with E-state index in [-0.39, 0.29) is 36.1 Å². The first-order chi connectivity index (χ1) is 16.4. The van der Waals surface area contributed by atoms with Gasteiger partial charge in [-0.15, -0.1) is 0 Å². The molecular formula is C27H33N3O4. The van der Waals surface area contributed by atoms with Crippen LogP contribution in [0.4, 0.5) is 5.69 Å². The monoisotopic (exact) mass is 463 g/mol. The van der Waals surface area contributed by atoms with Crippen molar-refractivity contribution >= 4 is 23.4 Å². The molecule has 2 aliphatic rings. The zero-order valence-electron chi connectivity index (χ0n) is 20.2. The second-order valence-electron chi connectivity index (χ2n) is 9.20. The van der Waals surface area contributed by atoms with Crippen LogP contribution in [0.3, 0.4) is 0 Å². The van der Waals surface area contributed by atoms with Crippen molar-refractivity contribution < 1.29 is 19.1 Å². The Morgan fingerprint density at radius 1 is 1.09 bits per heavy atom. The van der Waals surface area contributed by atoms with Crippen molar-refractivity contribution in [3.05, 3.63) is 59.2 Å². The molecule has 2 aromatic rings. The van der Waals surface area contributed by atoms with Gasteiger partial charge in [0.05, 0.1) is 18.7 Å². The molecule has 0 aromatic heterocycles. The number of piperidine rings is 1. The lowest BCUT2D eigenvalue weighted by Crippen LogP contribution is -2.48. The molecule has 2 fully saturated rings. The lowest BCUT2D eigenvalue weighted by atomic mass is 10.0. The molecule has 1 N–H and O–H groups in total. The molecule has 3 amide bonds. The average molecular weight is 464 g/mol. The van der Waals surface area contributed by atoms with E-state index in [1.807, 2.05) is 54.3 Å². The first-order valence-electron chi connectivity index (χ1n) is 12.0. The fourth-order valence-electron chi connectivity index (χ4n) is 4.78. The summed E-state index contributed by atoms with van der Waals surface area (Å²) < 4.78 is 5.44. The summed E-state index contributed by atoms with van der Waals surface area (Å²) in [4.78, 5) is 42.0. The maximum absolute atomic E-state index is 13.2. The quantitative estimate of drug-likeness (QED) is 0.713. The third-order valence-electron chi connectivity index (χ3n) is 6.87.